The molecule has 65 heavy (non-hydrogen) atoms. The predicted molar refractivity (Wildman–Crippen MR) is 279 cm³/mol. The number of carbonyl (C=O) groups excluding carboxylic acids is 3. The van der Waals surface area contributed by atoms with E-state index in [1.807, 2.05) is 60.8 Å². The predicted octanol–water partition coefficient (Wildman–Crippen LogP) is 16.9. The Labute approximate surface area is 397 Å². The Morgan fingerprint density at radius 1 is 0.338 bits per heavy atom. The zero-order valence-electron chi connectivity index (χ0n) is 41.2. The lowest BCUT2D eigenvalue weighted by molar-refractivity contribution is -0.167. The maximum absolute atomic E-state index is 12.8. The summed E-state index contributed by atoms with van der Waals surface area (Å²) in [6.07, 6.45) is 74.0. The van der Waals surface area contributed by atoms with E-state index >= 15 is 0 Å². The first-order valence-corrected chi connectivity index (χ1v) is 25.4. The molecule has 0 N–H and O–H groups in total. The van der Waals surface area contributed by atoms with Crippen LogP contribution in [0.2, 0.25) is 0 Å². The molecule has 0 radical (unpaired) electrons. The molecule has 0 aliphatic rings. The quantitative estimate of drug-likeness (QED) is 0.0199. The Hall–Kier alpha value is -4.71. The van der Waals surface area contributed by atoms with Crippen molar-refractivity contribution >= 4 is 17.9 Å². The summed E-state index contributed by atoms with van der Waals surface area (Å²) < 4.78 is 16.7. The van der Waals surface area contributed by atoms with E-state index in [-0.39, 0.29) is 38.0 Å². The zero-order valence-corrected chi connectivity index (χ0v) is 41.2. The second-order valence-corrected chi connectivity index (χ2v) is 16.1. The van der Waals surface area contributed by atoms with Gasteiger partial charge in [0.1, 0.15) is 13.2 Å². The van der Waals surface area contributed by atoms with Crippen LogP contribution in [0.5, 0.6) is 0 Å². The molecular weight excluding hydrogens is 805 g/mol. The topological polar surface area (TPSA) is 78.9 Å². The molecule has 0 saturated carbocycles. The molecule has 0 aromatic heterocycles. The number of esters is 3. The number of hydrogen-bond donors (Lipinski definition) is 0. The van der Waals surface area contributed by atoms with Gasteiger partial charge in [0.2, 0.25) is 0 Å². The van der Waals surface area contributed by atoms with Gasteiger partial charge in [-0.25, -0.2) is 0 Å². The van der Waals surface area contributed by atoms with Gasteiger partial charge in [0.15, 0.2) is 6.10 Å². The second kappa shape index (κ2) is 51.9. The van der Waals surface area contributed by atoms with Crippen LogP contribution < -0.4 is 0 Å². The largest absolute Gasteiger partial charge is 0.462 e. The number of unbranched alkanes of at least 4 members (excludes halogenated alkanes) is 13. The van der Waals surface area contributed by atoms with Gasteiger partial charge in [0.05, 0.1) is 0 Å². The summed E-state index contributed by atoms with van der Waals surface area (Å²) in [7, 11) is 0. The van der Waals surface area contributed by atoms with E-state index in [4.69, 9.17) is 14.2 Å². The molecule has 362 valence electrons. The normalized spacial score (nSPS) is 13.3. The van der Waals surface area contributed by atoms with E-state index < -0.39 is 12.1 Å². The van der Waals surface area contributed by atoms with Gasteiger partial charge in [-0.1, -0.05) is 212 Å². The molecule has 0 aliphatic carbocycles. The highest BCUT2D eigenvalue weighted by Crippen LogP contribution is 2.11. The third-order valence-corrected chi connectivity index (χ3v) is 9.97. The smallest absolute Gasteiger partial charge is 0.306 e. The molecule has 0 aromatic carbocycles. The monoisotopic (exact) mass is 895 g/mol. The van der Waals surface area contributed by atoms with Crippen molar-refractivity contribution in [1.82, 2.24) is 0 Å². The van der Waals surface area contributed by atoms with Gasteiger partial charge in [0.25, 0.3) is 0 Å². The Morgan fingerprint density at radius 3 is 1.18 bits per heavy atom. The SMILES string of the molecule is CC\C=C/C=C\C=C/C=C\C=C\C=C/CCCCCC(=O)OCC(COC(=O)CCCCC/C=C\CCCCCCCC)OC(=O)CCC/C=C\C/C=C\C/C=C\C/C=C\C/C=C\CC. The van der Waals surface area contributed by atoms with Crippen LogP contribution in [0.15, 0.2) is 146 Å². The van der Waals surface area contributed by atoms with Crippen LogP contribution in [0.1, 0.15) is 188 Å². The lowest BCUT2D eigenvalue weighted by Crippen LogP contribution is -2.30. The van der Waals surface area contributed by atoms with Crippen molar-refractivity contribution in [3.05, 3.63) is 146 Å². The summed E-state index contributed by atoms with van der Waals surface area (Å²) in [6, 6.07) is 0. The van der Waals surface area contributed by atoms with Crippen molar-refractivity contribution in [3.63, 3.8) is 0 Å². The fourth-order valence-corrected chi connectivity index (χ4v) is 6.21. The number of rotatable bonds is 43. The van der Waals surface area contributed by atoms with E-state index in [9.17, 15) is 14.4 Å². The minimum absolute atomic E-state index is 0.130. The minimum Gasteiger partial charge on any atom is -0.462 e. The molecule has 0 aromatic rings. The van der Waals surface area contributed by atoms with Crippen LogP contribution in [-0.2, 0) is 28.6 Å². The molecule has 0 amide bonds. The van der Waals surface area contributed by atoms with Gasteiger partial charge in [-0.3, -0.25) is 14.4 Å². The molecule has 1 unspecified atom stereocenters. The molecule has 6 nitrogen and oxygen atoms in total. The molecule has 0 spiro atoms. The maximum Gasteiger partial charge on any atom is 0.306 e. The van der Waals surface area contributed by atoms with Crippen molar-refractivity contribution in [2.75, 3.05) is 13.2 Å². The molecule has 0 bridgehead atoms. The van der Waals surface area contributed by atoms with E-state index in [1.165, 1.54) is 38.5 Å². The van der Waals surface area contributed by atoms with Crippen LogP contribution in [0.25, 0.3) is 0 Å². The number of hydrogen-bond acceptors (Lipinski definition) is 6. The number of carbonyl (C=O) groups is 3. The van der Waals surface area contributed by atoms with Crippen molar-refractivity contribution in [1.29, 1.82) is 0 Å². The van der Waals surface area contributed by atoms with Gasteiger partial charge in [-0.2, -0.15) is 0 Å². The average molecular weight is 895 g/mol. The number of ether oxygens (including phenoxy) is 3. The summed E-state index contributed by atoms with van der Waals surface area (Å²) in [5.74, 6) is -1.06. The van der Waals surface area contributed by atoms with Crippen molar-refractivity contribution < 1.29 is 28.6 Å². The average Bonchev–Trinajstić information content (AvgIpc) is 3.30. The van der Waals surface area contributed by atoms with E-state index in [2.05, 4.69) is 106 Å². The highest BCUT2D eigenvalue weighted by molar-refractivity contribution is 5.71. The van der Waals surface area contributed by atoms with Crippen molar-refractivity contribution in [2.24, 2.45) is 0 Å². The Bertz CT molecular complexity index is 1490. The lowest BCUT2D eigenvalue weighted by Gasteiger charge is -2.18. The molecule has 1 atom stereocenters. The van der Waals surface area contributed by atoms with Gasteiger partial charge in [-0.05, 0) is 103 Å². The van der Waals surface area contributed by atoms with E-state index in [1.54, 1.807) is 0 Å². The van der Waals surface area contributed by atoms with Crippen LogP contribution in [0, 0.1) is 0 Å². The lowest BCUT2D eigenvalue weighted by atomic mass is 10.1. The van der Waals surface area contributed by atoms with Gasteiger partial charge in [0, 0.05) is 19.3 Å². The molecule has 0 fully saturated rings. The van der Waals surface area contributed by atoms with Crippen LogP contribution >= 0.6 is 0 Å². The van der Waals surface area contributed by atoms with Crippen LogP contribution in [0.4, 0.5) is 0 Å². The summed E-state index contributed by atoms with van der Waals surface area (Å²) in [4.78, 5) is 38.0. The molecule has 0 rings (SSSR count). The number of allylic oxidation sites excluding steroid dienone is 24. The van der Waals surface area contributed by atoms with Gasteiger partial charge >= 0.3 is 17.9 Å². The van der Waals surface area contributed by atoms with E-state index in [0.29, 0.717) is 19.3 Å². The molecule has 0 aliphatic heterocycles. The zero-order chi connectivity index (χ0) is 47.2. The minimum atomic E-state index is -0.838. The molecule has 0 heterocycles. The summed E-state index contributed by atoms with van der Waals surface area (Å²) >= 11 is 0. The highest BCUT2D eigenvalue weighted by atomic mass is 16.6. The Morgan fingerprint density at radius 2 is 0.692 bits per heavy atom. The van der Waals surface area contributed by atoms with Crippen molar-refractivity contribution in [2.45, 2.75) is 194 Å². The fourth-order valence-electron chi connectivity index (χ4n) is 6.21. The summed E-state index contributed by atoms with van der Waals surface area (Å²) in [5.41, 5.74) is 0. The Kier molecular flexibility index (Phi) is 48.2. The standard InChI is InChI=1S/C59H90O6/c1-4-7-10-13-16-19-22-25-27-29-31-34-37-40-43-46-49-52-58(61)64-55-56(54-63-57(60)51-48-45-42-39-36-33-24-21-18-15-12-9-6-3)65-59(62)53-50-47-44-41-38-35-32-30-28-26-23-20-17-14-11-8-5-2/h7-8,10-11,13,16-17,19-20,22,25-29,31-37,41,44,56H,4-6,9,12,14-15,18,21,23-24,30,38-40,42-43,45-55H2,1-3H3/b10-7-,11-8-,16-13-,20-17-,22-19-,27-25-,28-26-,31-29+,35-32-,36-33-,37-34-,44-41-. The molecule has 6 heteroatoms. The third kappa shape index (κ3) is 50.2. The van der Waals surface area contributed by atoms with Crippen LogP contribution in [-0.4, -0.2) is 37.2 Å². The van der Waals surface area contributed by atoms with Crippen LogP contribution in [0.3, 0.4) is 0 Å². The first kappa shape index (κ1) is 60.3. The highest BCUT2D eigenvalue weighted by Gasteiger charge is 2.19. The maximum atomic E-state index is 12.8. The summed E-state index contributed by atoms with van der Waals surface area (Å²) in [5, 5.41) is 0. The van der Waals surface area contributed by atoms with E-state index in [0.717, 1.165) is 96.3 Å². The first-order chi connectivity index (χ1) is 32.0. The second-order valence-electron chi connectivity index (χ2n) is 16.1. The summed E-state index contributed by atoms with van der Waals surface area (Å²) in [6.45, 7) is 6.24. The Balaban J connectivity index is 4.63. The molecule has 0 saturated heterocycles. The van der Waals surface area contributed by atoms with Gasteiger partial charge in [-0.15, -0.1) is 0 Å². The molecular formula is C59H90O6. The third-order valence-electron chi connectivity index (χ3n) is 9.97. The fraction of sp³-hybridized carbons (Fsp3) is 0.542. The van der Waals surface area contributed by atoms with Gasteiger partial charge < -0.3 is 14.2 Å². The van der Waals surface area contributed by atoms with Crippen molar-refractivity contribution in [3.8, 4) is 0 Å². The first-order valence-electron chi connectivity index (χ1n) is 25.4.